The van der Waals surface area contributed by atoms with Crippen LogP contribution < -0.4 is 5.32 Å². The van der Waals surface area contributed by atoms with E-state index in [-0.39, 0.29) is 18.2 Å². The second-order valence-corrected chi connectivity index (χ2v) is 4.45. The Bertz CT molecular complexity index is 208. The second-order valence-electron chi connectivity index (χ2n) is 4.45. The van der Waals surface area contributed by atoms with Crippen LogP contribution in [0.2, 0.25) is 0 Å². The molecule has 0 rings (SSSR count). The molecule has 0 spiro atoms. The maximum Gasteiger partial charge on any atom is 0.307 e. The molecule has 0 saturated carbocycles. The van der Waals surface area contributed by atoms with Crippen molar-refractivity contribution in [2.45, 2.75) is 52.1 Å². The van der Waals surface area contributed by atoms with E-state index in [1.54, 1.807) is 6.92 Å². The van der Waals surface area contributed by atoms with Gasteiger partial charge in [-0.25, -0.2) is 0 Å². The normalized spacial score (nSPS) is 19.3. The van der Waals surface area contributed by atoms with E-state index >= 15 is 0 Å². The zero-order chi connectivity index (χ0) is 12.1. The van der Waals surface area contributed by atoms with Crippen molar-refractivity contribution in [1.29, 1.82) is 0 Å². The highest BCUT2D eigenvalue weighted by Gasteiger charge is 2.27. The first-order valence-electron chi connectivity index (χ1n) is 5.47. The Morgan fingerprint density at radius 3 is 2.33 bits per heavy atom. The molecule has 0 aromatic heterocycles. The van der Waals surface area contributed by atoms with Crippen molar-refractivity contribution in [2.24, 2.45) is 5.92 Å². The first-order chi connectivity index (χ1) is 6.86. The minimum Gasteiger partial charge on any atom is -0.481 e. The molecule has 0 heterocycles. The molecule has 0 aliphatic heterocycles. The number of hydrogen-bond donors (Lipinski definition) is 3. The highest BCUT2D eigenvalue weighted by Crippen LogP contribution is 2.17. The van der Waals surface area contributed by atoms with Crippen LogP contribution in [0.4, 0.5) is 0 Å². The van der Waals surface area contributed by atoms with Gasteiger partial charge >= 0.3 is 5.97 Å². The van der Waals surface area contributed by atoms with Crippen LogP contribution in [0, 0.1) is 5.92 Å². The van der Waals surface area contributed by atoms with Gasteiger partial charge in [0.05, 0.1) is 5.92 Å². The summed E-state index contributed by atoms with van der Waals surface area (Å²) in [6.07, 6.45) is 1.50. The summed E-state index contributed by atoms with van der Waals surface area (Å²) in [5, 5.41) is 21.1. The smallest absolute Gasteiger partial charge is 0.307 e. The number of nitrogens with one attached hydrogen (secondary N) is 1. The standard InChI is InChI=1S/C11H23NO3/c1-5-11(4,6-7-13)12-9(3)8(2)10(14)15/h8-9,12-13H,5-7H2,1-4H3,(H,14,15). The lowest BCUT2D eigenvalue weighted by Gasteiger charge is -2.34. The van der Waals surface area contributed by atoms with Crippen LogP contribution in [0.3, 0.4) is 0 Å². The summed E-state index contributed by atoms with van der Waals surface area (Å²) in [6, 6.07) is -0.0981. The largest absolute Gasteiger partial charge is 0.481 e. The summed E-state index contributed by atoms with van der Waals surface area (Å²) < 4.78 is 0. The summed E-state index contributed by atoms with van der Waals surface area (Å²) in [5.41, 5.74) is -0.183. The summed E-state index contributed by atoms with van der Waals surface area (Å²) in [4.78, 5) is 10.8. The fourth-order valence-corrected chi connectivity index (χ4v) is 1.49. The van der Waals surface area contributed by atoms with E-state index in [4.69, 9.17) is 10.2 Å². The average molecular weight is 217 g/mol. The summed E-state index contributed by atoms with van der Waals surface area (Å²) >= 11 is 0. The highest BCUT2D eigenvalue weighted by atomic mass is 16.4. The van der Waals surface area contributed by atoms with E-state index in [2.05, 4.69) is 5.32 Å². The molecule has 0 aromatic rings. The Labute approximate surface area is 91.7 Å². The Balaban J connectivity index is 4.35. The predicted molar refractivity (Wildman–Crippen MR) is 59.8 cm³/mol. The van der Waals surface area contributed by atoms with Crippen molar-refractivity contribution in [1.82, 2.24) is 5.32 Å². The van der Waals surface area contributed by atoms with Gasteiger partial charge in [-0.3, -0.25) is 4.79 Å². The fraction of sp³-hybridized carbons (Fsp3) is 0.909. The maximum atomic E-state index is 10.8. The van der Waals surface area contributed by atoms with E-state index in [0.717, 1.165) is 6.42 Å². The number of aliphatic hydroxyl groups is 1. The zero-order valence-corrected chi connectivity index (χ0v) is 10.1. The van der Waals surface area contributed by atoms with Crippen molar-refractivity contribution in [3.63, 3.8) is 0 Å². The maximum absolute atomic E-state index is 10.8. The lowest BCUT2D eigenvalue weighted by Crippen LogP contribution is -2.50. The third kappa shape index (κ3) is 4.62. The Morgan fingerprint density at radius 1 is 1.47 bits per heavy atom. The molecule has 0 aliphatic carbocycles. The quantitative estimate of drug-likeness (QED) is 0.600. The predicted octanol–water partition coefficient (Wildman–Crippen LogP) is 1.24. The molecule has 0 saturated heterocycles. The van der Waals surface area contributed by atoms with Gasteiger partial charge in [-0.2, -0.15) is 0 Å². The van der Waals surface area contributed by atoms with E-state index < -0.39 is 11.9 Å². The van der Waals surface area contributed by atoms with Crippen molar-refractivity contribution in [3.05, 3.63) is 0 Å². The van der Waals surface area contributed by atoms with E-state index in [1.807, 2.05) is 20.8 Å². The molecule has 3 unspecified atom stereocenters. The number of rotatable bonds is 7. The molecule has 90 valence electrons. The summed E-state index contributed by atoms with van der Waals surface area (Å²) in [5.74, 6) is -1.22. The van der Waals surface area contributed by atoms with Crippen LogP contribution in [0.25, 0.3) is 0 Å². The summed E-state index contributed by atoms with van der Waals surface area (Å²) in [6.45, 7) is 7.71. The van der Waals surface area contributed by atoms with Crippen LogP contribution in [0.5, 0.6) is 0 Å². The molecule has 0 fully saturated rings. The van der Waals surface area contributed by atoms with Gasteiger partial charge in [0.1, 0.15) is 0 Å². The Morgan fingerprint density at radius 2 is 2.00 bits per heavy atom. The molecule has 0 aliphatic rings. The van der Waals surface area contributed by atoms with Gasteiger partial charge in [-0.15, -0.1) is 0 Å². The number of hydrogen-bond acceptors (Lipinski definition) is 3. The van der Waals surface area contributed by atoms with Crippen LogP contribution in [0.15, 0.2) is 0 Å². The molecule has 0 radical (unpaired) electrons. The van der Waals surface area contributed by atoms with Crippen LogP contribution in [-0.4, -0.2) is 34.4 Å². The zero-order valence-electron chi connectivity index (χ0n) is 10.1. The summed E-state index contributed by atoms with van der Waals surface area (Å²) in [7, 11) is 0. The lowest BCUT2D eigenvalue weighted by atomic mass is 9.91. The minimum atomic E-state index is -0.794. The molecular formula is C11H23NO3. The topological polar surface area (TPSA) is 69.6 Å². The molecular weight excluding hydrogens is 194 g/mol. The van der Waals surface area contributed by atoms with Crippen LogP contribution in [0.1, 0.15) is 40.5 Å². The molecule has 15 heavy (non-hydrogen) atoms. The van der Waals surface area contributed by atoms with Crippen molar-refractivity contribution in [3.8, 4) is 0 Å². The molecule has 4 nitrogen and oxygen atoms in total. The van der Waals surface area contributed by atoms with Gasteiger partial charge in [-0.1, -0.05) is 13.8 Å². The van der Waals surface area contributed by atoms with Crippen molar-refractivity contribution in [2.75, 3.05) is 6.61 Å². The van der Waals surface area contributed by atoms with Gasteiger partial charge in [0.25, 0.3) is 0 Å². The number of carbonyl (C=O) groups is 1. The second kappa shape index (κ2) is 6.08. The third-order valence-corrected chi connectivity index (χ3v) is 3.16. The third-order valence-electron chi connectivity index (χ3n) is 3.16. The van der Waals surface area contributed by atoms with Gasteiger partial charge in [0.15, 0.2) is 0 Å². The van der Waals surface area contributed by atoms with Crippen LogP contribution in [-0.2, 0) is 4.79 Å². The fourth-order valence-electron chi connectivity index (χ4n) is 1.49. The molecule has 0 amide bonds. The van der Waals surface area contributed by atoms with Crippen LogP contribution >= 0.6 is 0 Å². The number of aliphatic hydroxyl groups excluding tert-OH is 1. The SMILES string of the molecule is CCC(C)(CCO)NC(C)C(C)C(=O)O. The average Bonchev–Trinajstić information content (AvgIpc) is 2.16. The lowest BCUT2D eigenvalue weighted by molar-refractivity contribution is -0.142. The molecule has 3 N–H and O–H groups in total. The number of aliphatic carboxylic acids is 1. The van der Waals surface area contributed by atoms with E-state index in [0.29, 0.717) is 6.42 Å². The van der Waals surface area contributed by atoms with E-state index in [1.165, 1.54) is 0 Å². The minimum absolute atomic E-state index is 0.0981. The first-order valence-corrected chi connectivity index (χ1v) is 5.47. The van der Waals surface area contributed by atoms with Crippen molar-refractivity contribution < 1.29 is 15.0 Å². The number of carboxylic acids is 1. The van der Waals surface area contributed by atoms with Gasteiger partial charge in [0.2, 0.25) is 0 Å². The van der Waals surface area contributed by atoms with Gasteiger partial charge in [-0.05, 0) is 26.7 Å². The number of carboxylic acid groups (broad SMARTS) is 1. The monoisotopic (exact) mass is 217 g/mol. The van der Waals surface area contributed by atoms with Crippen molar-refractivity contribution >= 4 is 5.97 Å². The molecule has 0 bridgehead atoms. The Kier molecular flexibility index (Phi) is 5.83. The molecule has 4 heteroatoms. The van der Waals surface area contributed by atoms with Gasteiger partial charge < -0.3 is 15.5 Å². The first kappa shape index (κ1) is 14.4. The highest BCUT2D eigenvalue weighted by molar-refractivity contribution is 5.70. The molecule has 3 atom stereocenters. The van der Waals surface area contributed by atoms with Gasteiger partial charge in [0, 0.05) is 18.2 Å². The van der Waals surface area contributed by atoms with E-state index in [9.17, 15) is 4.79 Å². The molecule has 0 aromatic carbocycles. The Hall–Kier alpha value is -0.610.